The van der Waals surface area contributed by atoms with Crippen molar-refractivity contribution in [1.82, 2.24) is 9.62 Å². The Morgan fingerprint density at radius 3 is 2.19 bits per heavy atom. The molecule has 0 spiro atoms. The molecular weight excluding hydrogens is 348 g/mol. The molecular formula is C20H32N2O3S. The number of rotatable bonds is 6. The van der Waals surface area contributed by atoms with Crippen LogP contribution in [0.5, 0.6) is 0 Å². The van der Waals surface area contributed by atoms with Crippen LogP contribution in [0, 0.1) is 5.41 Å². The van der Waals surface area contributed by atoms with E-state index in [9.17, 15) is 13.5 Å². The second kappa shape index (κ2) is 7.23. The van der Waals surface area contributed by atoms with Gasteiger partial charge in [-0.15, -0.1) is 0 Å². The van der Waals surface area contributed by atoms with Gasteiger partial charge in [0.15, 0.2) is 0 Å². The van der Waals surface area contributed by atoms with Crippen molar-refractivity contribution >= 4 is 10.0 Å². The quantitative estimate of drug-likeness (QED) is 0.796. The first-order chi connectivity index (χ1) is 12.2. The number of piperidine rings is 1. The zero-order valence-corrected chi connectivity index (χ0v) is 17.0. The number of aliphatic hydroxyl groups is 1. The number of hydrogen-bond acceptors (Lipinski definition) is 4. The SMILES string of the molecule is CC(C)(C)c1ccc(S(=O)(=O)N(CC2(CO)CC2)C2CCNCC2)cc1. The second-order valence-corrected chi connectivity index (χ2v) is 10.9. The van der Waals surface area contributed by atoms with Gasteiger partial charge >= 0.3 is 0 Å². The maximum absolute atomic E-state index is 13.4. The molecule has 1 saturated carbocycles. The first-order valence-corrected chi connectivity index (χ1v) is 11.1. The molecule has 146 valence electrons. The fraction of sp³-hybridized carbons (Fsp3) is 0.700. The first-order valence-electron chi connectivity index (χ1n) is 9.62. The molecule has 3 rings (SSSR count). The lowest BCUT2D eigenvalue weighted by molar-refractivity contribution is 0.159. The van der Waals surface area contributed by atoms with Crippen molar-refractivity contribution < 1.29 is 13.5 Å². The van der Waals surface area contributed by atoms with Gasteiger partial charge in [0.2, 0.25) is 10.0 Å². The number of nitrogens with zero attached hydrogens (tertiary/aromatic N) is 1. The minimum Gasteiger partial charge on any atom is -0.396 e. The van der Waals surface area contributed by atoms with Crippen molar-refractivity contribution in [3.8, 4) is 0 Å². The van der Waals surface area contributed by atoms with E-state index in [1.807, 2.05) is 12.1 Å². The van der Waals surface area contributed by atoms with Crippen LogP contribution in [0.1, 0.15) is 52.0 Å². The normalized spacial score (nSPS) is 21.1. The molecule has 0 aromatic heterocycles. The summed E-state index contributed by atoms with van der Waals surface area (Å²) in [4.78, 5) is 0.359. The molecule has 2 N–H and O–H groups in total. The third-order valence-corrected chi connectivity index (χ3v) is 7.74. The highest BCUT2D eigenvalue weighted by atomic mass is 32.2. The summed E-state index contributed by atoms with van der Waals surface area (Å²) in [5.41, 5.74) is 0.883. The van der Waals surface area contributed by atoms with Crippen LogP contribution in [0.2, 0.25) is 0 Å². The lowest BCUT2D eigenvalue weighted by Gasteiger charge is -2.36. The van der Waals surface area contributed by atoms with Crippen molar-refractivity contribution in [2.24, 2.45) is 5.41 Å². The van der Waals surface area contributed by atoms with E-state index in [-0.39, 0.29) is 23.5 Å². The van der Waals surface area contributed by atoms with Crippen LogP contribution >= 0.6 is 0 Å². The maximum atomic E-state index is 13.4. The van der Waals surface area contributed by atoms with Crippen molar-refractivity contribution in [3.63, 3.8) is 0 Å². The van der Waals surface area contributed by atoms with E-state index in [4.69, 9.17) is 0 Å². The van der Waals surface area contributed by atoms with Gasteiger partial charge in [-0.25, -0.2) is 8.42 Å². The summed E-state index contributed by atoms with van der Waals surface area (Å²) in [6, 6.07) is 7.33. The lowest BCUT2D eigenvalue weighted by atomic mass is 9.87. The molecule has 1 aromatic rings. The molecule has 0 unspecified atom stereocenters. The van der Waals surface area contributed by atoms with Crippen molar-refractivity contribution in [3.05, 3.63) is 29.8 Å². The Labute approximate surface area is 157 Å². The fourth-order valence-electron chi connectivity index (χ4n) is 3.64. The monoisotopic (exact) mass is 380 g/mol. The zero-order valence-electron chi connectivity index (χ0n) is 16.2. The predicted octanol–water partition coefficient (Wildman–Crippen LogP) is 2.50. The number of nitrogens with one attached hydrogen (secondary N) is 1. The number of benzene rings is 1. The molecule has 0 radical (unpaired) electrons. The van der Waals surface area contributed by atoms with E-state index in [0.29, 0.717) is 11.4 Å². The van der Waals surface area contributed by atoms with Gasteiger partial charge in [0.1, 0.15) is 0 Å². The Morgan fingerprint density at radius 2 is 1.73 bits per heavy atom. The predicted molar refractivity (Wildman–Crippen MR) is 104 cm³/mol. The zero-order chi connectivity index (χ0) is 19.0. The second-order valence-electron chi connectivity index (χ2n) is 8.96. The summed E-state index contributed by atoms with van der Waals surface area (Å²) in [7, 11) is -3.57. The molecule has 1 aromatic carbocycles. The van der Waals surface area contributed by atoms with Crippen molar-refractivity contribution in [2.75, 3.05) is 26.2 Å². The molecule has 1 aliphatic heterocycles. The Balaban J connectivity index is 1.90. The third kappa shape index (κ3) is 4.14. The van der Waals surface area contributed by atoms with Gasteiger partial charge in [0, 0.05) is 24.6 Å². The Morgan fingerprint density at radius 1 is 1.15 bits per heavy atom. The van der Waals surface area contributed by atoms with Crippen LogP contribution in [0.4, 0.5) is 0 Å². The minimum absolute atomic E-state index is 0.00701. The Bertz CT molecular complexity index is 712. The van der Waals surface area contributed by atoms with Crippen LogP contribution in [-0.4, -0.2) is 50.1 Å². The topological polar surface area (TPSA) is 69.6 Å². The Kier molecular flexibility index (Phi) is 5.50. The summed E-state index contributed by atoms with van der Waals surface area (Å²) in [5, 5.41) is 13.0. The number of sulfonamides is 1. The Hall–Kier alpha value is -0.950. The number of aliphatic hydroxyl groups excluding tert-OH is 1. The van der Waals surface area contributed by atoms with Crippen LogP contribution in [-0.2, 0) is 15.4 Å². The summed E-state index contributed by atoms with van der Waals surface area (Å²) < 4.78 is 28.6. The van der Waals surface area contributed by atoms with Gasteiger partial charge in [-0.05, 0) is 61.9 Å². The molecule has 5 nitrogen and oxygen atoms in total. The average molecular weight is 381 g/mol. The van der Waals surface area contributed by atoms with E-state index >= 15 is 0 Å². The molecule has 0 atom stereocenters. The fourth-order valence-corrected chi connectivity index (χ4v) is 5.44. The first kappa shape index (κ1) is 19.8. The minimum atomic E-state index is -3.57. The van der Waals surface area contributed by atoms with E-state index in [0.717, 1.165) is 44.3 Å². The lowest BCUT2D eigenvalue weighted by Crippen LogP contribution is -2.48. The van der Waals surface area contributed by atoms with E-state index in [2.05, 4.69) is 26.1 Å². The molecule has 6 heteroatoms. The van der Waals surface area contributed by atoms with E-state index in [1.54, 1.807) is 16.4 Å². The van der Waals surface area contributed by atoms with Gasteiger partial charge in [-0.3, -0.25) is 0 Å². The highest BCUT2D eigenvalue weighted by molar-refractivity contribution is 7.89. The summed E-state index contributed by atoms with van der Waals surface area (Å²) >= 11 is 0. The summed E-state index contributed by atoms with van der Waals surface area (Å²) in [6.45, 7) is 8.53. The third-order valence-electron chi connectivity index (χ3n) is 5.83. The van der Waals surface area contributed by atoms with Gasteiger partial charge in [-0.2, -0.15) is 4.31 Å². The maximum Gasteiger partial charge on any atom is 0.243 e. The molecule has 0 amide bonds. The highest BCUT2D eigenvalue weighted by Crippen LogP contribution is 2.47. The van der Waals surface area contributed by atoms with Gasteiger partial charge in [0.25, 0.3) is 0 Å². The van der Waals surface area contributed by atoms with E-state index < -0.39 is 10.0 Å². The van der Waals surface area contributed by atoms with Gasteiger partial charge in [0.05, 0.1) is 4.90 Å². The van der Waals surface area contributed by atoms with Crippen LogP contribution in [0.15, 0.2) is 29.2 Å². The average Bonchev–Trinajstić information content (AvgIpc) is 3.40. The molecule has 1 aliphatic carbocycles. The molecule has 1 saturated heterocycles. The molecule has 2 fully saturated rings. The standard InChI is InChI=1S/C20H32N2O3S/c1-19(2,3)16-4-6-18(7-5-16)26(24,25)22(14-20(15-23)10-11-20)17-8-12-21-13-9-17/h4-7,17,21,23H,8-15H2,1-3H3. The van der Waals surface area contributed by atoms with Crippen LogP contribution in [0.25, 0.3) is 0 Å². The molecule has 26 heavy (non-hydrogen) atoms. The van der Waals surface area contributed by atoms with Crippen molar-refractivity contribution in [2.45, 2.75) is 62.8 Å². The molecule has 0 bridgehead atoms. The highest BCUT2D eigenvalue weighted by Gasteiger charge is 2.47. The number of hydrogen-bond donors (Lipinski definition) is 2. The van der Waals surface area contributed by atoms with Gasteiger partial charge in [-0.1, -0.05) is 32.9 Å². The largest absolute Gasteiger partial charge is 0.396 e. The molecule has 2 aliphatic rings. The summed E-state index contributed by atoms with van der Waals surface area (Å²) in [6.07, 6.45) is 3.45. The van der Waals surface area contributed by atoms with E-state index in [1.165, 1.54) is 0 Å². The molecule has 1 heterocycles. The van der Waals surface area contributed by atoms with Gasteiger partial charge < -0.3 is 10.4 Å². The van der Waals surface area contributed by atoms with Crippen LogP contribution in [0.3, 0.4) is 0 Å². The smallest absolute Gasteiger partial charge is 0.243 e. The van der Waals surface area contributed by atoms with Crippen molar-refractivity contribution in [1.29, 1.82) is 0 Å². The summed E-state index contributed by atoms with van der Waals surface area (Å²) in [5.74, 6) is 0. The van der Waals surface area contributed by atoms with Crippen LogP contribution < -0.4 is 5.32 Å².